The zero-order valence-electron chi connectivity index (χ0n) is 19.0. The van der Waals surface area contributed by atoms with E-state index >= 15 is 0 Å². The standard InChI is InChI=1S/C28H32N2O2S/c31-25-18-33-27(30(25)11-10-19-4-2-1-3-5-19)24-8-6-23(7-9-24)26(32)29-28-15-20-12-21(16-28)14-22(13-20)17-28/h1-9,20-22,27H,10-18H2,(H,29,32)/t20?,21?,22?,27-,28?/m0/s1. The lowest BCUT2D eigenvalue weighted by atomic mass is 9.53. The van der Waals surface area contributed by atoms with Gasteiger partial charge in [0.1, 0.15) is 5.37 Å². The SMILES string of the molecule is O=C(NC12CC3CC(CC(C3)C1)C2)c1ccc([C@@H]2SCC(=O)N2CCc2ccccc2)cc1. The first-order valence-electron chi connectivity index (χ1n) is 12.4. The van der Waals surface area contributed by atoms with Crippen LogP contribution in [0.4, 0.5) is 0 Å². The van der Waals surface area contributed by atoms with Crippen molar-refractivity contribution in [2.24, 2.45) is 17.8 Å². The lowest BCUT2D eigenvalue weighted by Crippen LogP contribution is -2.59. The van der Waals surface area contributed by atoms with Crippen molar-refractivity contribution in [3.8, 4) is 0 Å². The first-order chi connectivity index (χ1) is 16.1. The molecule has 4 nitrogen and oxygen atoms in total. The molecule has 5 fully saturated rings. The van der Waals surface area contributed by atoms with Gasteiger partial charge in [-0.15, -0.1) is 11.8 Å². The molecule has 1 aliphatic heterocycles. The van der Waals surface area contributed by atoms with Crippen LogP contribution in [-0.2, 0) is 11.2 Å². The zero-order valence-corrected chi connectivity index (χ0v) is 19.9. The molecule has 0 radical (unpaired) electrons. The van der Waals surface area contributed by atoms with Crippen LogP contribution >= 0.6 is 11.8 Å². The third-order valence-electron chi connectivity index (χ3n) is 8.33. The predicted octanol–water partition coefficient (Wildman–Crippen LogP) is 5.20. The second-order valence-corrected chi connectivity index (χ2v) is 11.8. The van der Waals surface area contributed by atoms with E-state index in [9.17, 15) is 9.59 Å². The van der Waals surface area contributed by atoms with Crippen molar-refractivity contribution in [3.63, 3.8) is 0 Å². The number of hydrogen-bond donors (Lipinski definition) is 1. The van der Waals surface area contributed by atoms with Crippen LogP contribution in [0.15, 0.2) is 54.6 Å². The van der Waals surface area contributed by atoms with Crippen molar-refractivity contribution in [2.45, 2.75) is 55.9 Å². The summed E-state index contributed by atoms with van der Waals surface area (Å²) in [5.74, 6) is 3.24. The molecule has 2 aromatic rings. The molecule has 0 unspecified atom stereocenters. The molecule has 33 heavy (non-hydrogen) atoms. The zero-order chi connectivity index (χ0) is 22.4. The third kappa shape index (κ3) is 4.21. The average molecular weight is 461 g/mol. The van der Waals surface area contributed by atoms with Gasteiger partial charge in [0.2, 0.25) is 5.91 Å². The lowest BCUT2D eigenvalue weighted by molar-refractivity contribution is -0.128. The van der Waals surface area contributed by atoms with Crippen LogP contribution in [0.25, 0.3) is 0 Å². The minimum atomic E-state index is 0.0291. The highest BCUT2D eigenvalue weighted by Crippen LogP contribution is 2.55. The summed E-state index contributed by atoms with van der Waals surface area (Å²) >= 11 is 1.68. The summed E-state index contributed by atoms with van der Waals surface area (Å²) in [6.07, 6.45) is 8.49. The minimum Gasteiger partial charge on any atom is -0.347 e. The van der Waals surface area contributed by atoms with Gasteiger partial charge >= 0.3 is 0 Å². The van der Waals surface area contributed by atoms with E-state index in [1.807, 2.05) is 47.4 Å². The molecule has 2 amide bonds. The predicted molar refractivity (Wildman–Crippen MR) is 132 cm³/mol. The maximum absolute atomic E-state index is 13.2. The first-order valence-corrected chi connectivity index (χ1v) is 13.5. The molecule has 5 aliphatic rings. The van der Waals surface area contributed by atoms with E-state index in [-0.39, 0.29) is 22.7 Å². The summed E-state index contributed by atoms with van der Waals surface area (Å²) < 4.78 is 0. The van der Waals surface area contributed by atoms with Gasteiger partial charge < -0.3 is 10.2 Å². The van der Waals surface area contributed by atoms with Crippen LogP contribution in [0.2, 0.25) is 0 Å². The molecular weight excluding hydrogens is 428 g/mol. The second kappa shape index (κ2) is 8.50. The number of thioether (sulfide) groups is 1. The molecule has 1 heterocycles. The Hall–Kier alpha value is -2.27. The van der Waals surface area contributed by atoms with E-state index < -0.39 is 0 Å². The molecule has 4 aliphatic carbocycles. The molecule has 7 rings (SSSR count). The Balaban J connectivity index is 1.12. The summed E-state index contributed by atoms with van der Waals surface area (Å²) in [5.41, 5.74) is 3.12. The fourth-order valence-corrected chi connectivity index (χ4v) is 8.46. The van der Waals surface area contributed by atoms with Crippen molar-refractivity contribution in [3.05, 3.63) is 71.3 Å². The van der Waals surface area contributed by atoms with Crippen LogP contribution in [-0.4, -0.2) is 34.6 Å². The Labute approximate surface area is 200 Å². The lowest BCUT2D eigenvalue weighted by Gasteiger charge is -2.56. The van der Waals surface area contributed by atoms with Crippen molar-refractivity contribution in [2.75, 3.05) is 12.3 Å². The average Bonchev–Trinajstić information content (AvgIpc) is 3.17. The number of nitrogens with one attached hydrogen (secondary N) is 1. The van der Waals surface area contributed by atoms with E-state index in [1.54, 1.807) is 11.8 Å². The molecule has 172 valence electrons. The molecule has 0 spiro atoms. The number of carbonyl (C=O) groups is 2. The Morgan fingerprint density at radius 2 is 1.58 bits per heavy atom. The Bertz CT molecular complexity index is 1000. The number of benzene rings is 2. The van der Waals surface area contributed by atoms with Gasteiger partial charge in [-0.3, -0.25) is 9.59 Å². The highest BCUT2D eigenvalue weighted by molar-refractivity contribution is 8.00. The van der Waals surface area contributed by atoms with Crippen LogP contribution in [0.5, 0.6) is 0 Å². The highest BCUT2D eigenvalue weighted by Gasteiger charge is 2.51. The number of hydrogen-bond acceptors (Lipinski definition) is 3. The van der Waals surface area contributed by atoms with E-state index in [2.05, 4.69) is 17.4 Å². The van der Waals surface area contributed by atoms with Gasteiger partial charge in [-0.1, -0.05) is 42.5 Å². The Kier molecular flexibility index (Phi) is 5.48. The maximum Gasteiger partial charge on any atom is 0.251 e. The van der Waals surface area contributed by atoms with E-state index in [4.69, 9.17) is 0 Å². The van der Waals surface area contributed by atoms with Crippen molar-refractivity contribution < 1.29 is 9.59 Å². The molecule has 1 saturated heterocycles. The van der Waals surface area contributed by atoms with Crippen molar-refractivity contribution >= 4 is 23.6 Å². The van der Waals surface area contributed by atoms with E-state index in [0.717, 1.165) is 41.8 Å². The number of amides is 2. The topological polar surface area (TPSA) is 49.4 Å². The Morgan fingerprint density at radius 1 is 0.939 bits per heavy atom. The molecule has 4 saturated carbocycles. The first kappa shape index (κ1) is 21.3. The molecule has 1 N–H and O–H groups in total. The van der Waals surface area contributed by atoms with Crippen LogP contribution in [0.1, 0.15) is 65.4 Å². The smallest absolute Gasteiger partial charge is 0.251 e. The van der Waals surface area contributed by atoms with Gasteiger partial charge in [-0.2, -0.15) is 0 Å². The fraction of sp³-hybridized carbons (Fsp3) is 0.500. The molecular formula is C28H32N2O2S. The largest absolute Gasteiger partial charge is 0.347 e. The summed E-state index contributed by atoms with van der Waals surface area (Å²) in [6, 6.07) is 18.3. The fourth-order valence-electron chi connectivity index (χ4n) is 7.24. The molecule has 5 heteroatoms. The number of carbonyl (C=O) groups excluding carboxylic acids is 2. The second-order valence-electron chi connectivity index (χ2n) is 10.8. The quantitative estimate of drug-likeness (QED) is 0.644. The van der Waals surface area contributed by atoms with Crippen LogP contribution in [0.3, 0.4) is 0 Å². The van der Waals surface area contributed by atoms with Gasteiger partial charge in [0, 0.05) is 17.6 Å². The van der Waals surface area contributed by atoms with Gasteiger partial charge in [0.25, 0.3) is 5.91 Å². The van der Waals surface area contributed by atoms with Crippen LogP contribution < -0.4 is 5.32 Å². The summed E-state index contributed by atoms with van der Waals surface area (Å²) in [6.45, 7) is 0.717. The summed E-state index contributed by atoms with van der Waals surface area (Å²) in [7, 11) is 0. The normalized spacial score (nSPS) is 32.4. The highest BCUT2D eigenvalue weighted by atomic mass is 32.2. The monoisotopic (exact) mass is 460 g/mol. The van der Waals surface area contributed by atoms with Crippen molar-refractivity contribution in [1.82, 2.24) is 10.2 Å². The van der Waals surface area contributed by atoms with Gasteiger partial charge in [-0.05, 0) is 86.0 Å². The third-order valence-corrected chi connectivity index (χ3v) is 9.58. The summed E-state index contributed by atoms with van der Waals surface area (Å²) in [5, 5.41) is 3.50. The maximum atomic E-state index is 13.2. The molecule has 1 atom stereocenters. The Morgan fingerprint density at radius 3 is 2.21 bits per heavy atom. The van der Waals surface area contributed by atoms with Crippen LogP contribution in [0, 0.1) is 17.8 Å². The molecule has 4 bridgehead atoms. The van der Waals surface area contributed by atoms with Gasteiger partial charge in [0.05, 0.1) is 5.75 Å². The number of rotatable bonds is 6. The van der Waals surface area contributed by atoms with Gasteiger partial charge in [-0.25, -0.2) is 0 Å². The van der Waals surface area contributed by atoms with E-state index in [0.29, 0.717) is 5.75 Å². The summed E-state index contributed by atoms with van der Waals surface area (Å²) in [4.78, 5) is 27.7. The van der Waals surface area contributed by atoms with E-state index in [1.165, 1.54) is 44.1 Å². The molecule has 2 aromatic carbocycles. The number of nitrogens with zero attached hydrogens (tertiary/aromatic N) is 1. The van der Waals surface area contributed by atoms with Crippen molar-refractivity contribution in [1.29, 1.82) is 0 Å². The van der Waals surface area contributed by atoms with Gasteiger partial charge in [0.15, 0.2) is 0 Å². The molecule has 0 aromatic heterocycles. The minimum absolute atomic E-state index is 0.0291.